The predicted molar refractivity (Wildman–Crippen MR) is 509 cm³/mol. The molecule has 3 heterocycles. The van der Waals surface area contributed by atoms with Gasteiger partial charge in [0.15, 0.2) is 17.5 Å². The number of H-pyrrole nitrogens is 1. The minimum atomic E-state index is -1.76. The van der Waals surface area contributed by atoms with Gasteiger partial charge in [0.2, 0.25) is 88.6 Å². The van der Waals surface area contributed by atoms with Gasteiger partial charge in [0.05, 0.1) is 12.3 Å². The van der Waals surface area contributed by atoms with Crippen LogP contribution in [0.3, 0.4) is 0 Å². The number of amides is 15. The summed E-state index contributed by atoms with van der Waals surface area (Å²) in [5.74, 6) is -16.5. The Kier molecular flexibility index (Phi) is 41.2. The summed E-state index contributed by atoms with van der Waals surface area (Å²) >= 11 is 0.993. The molecule has 2 fully saturated rings. The second kappa shape index (κ2) is 52.6. The molecule has 34 nitrogen and oxygen atoms in total. The Labute approximate surface area is 799 Å². The summed E-state index contributed by atoms with van der Waals surface area (Å²) in [6.07, 6.45) is 3.13. The van der Waals surface area contributed by atoms with Crippen LogP contribution in [0.1, 0.15) is 139 Å². The molecule has 9 rings (SSSR count). The Balaban J connectivity index is 0.876. The number of halogens is 3. The van der Waals surface area contributed by atoms with Crippen LogP contribution in [-0.4, -0.2) is 267 Å². The Morgan fingerprint density at radius 3 is 1.68 bits per heavy atom. The number of unbranched alkanes of at least 4 members (excludes halogenated alkanes) is 2. The van der Waals surface area contributed by atoms with E-state index in [4.69, 9.17) is 11.5 Å². The van der Waals surface area contributed by atoms with Crippen LogP contribution in [0.15, 0.2) is 152 Å². The number of benzene rings is 6. The number of nitrogens with two attached hydrogens (primary N) is 2. The molecule has 2 saturated heterocycles. The third kappa shape index (κ3) is 31.9. The molecule has 0 bridgehead atoms. The van der Waals surface area contributed by atoms with Crippen molar-refractivity contribution in [1.82, 2.24) is 77.3 Å². The first-order valence-corrected chi connectivity index (χ1v) is 47.5. The SMILES string of the molecule is CCCC[C@@H](C(=O)NCCCCC(=O)N1CCNC[C@H]1C(=O)N[C@H](C(=O)N(C)[C@@H](Cc1ccccc1)C(=O)N[C@@H](Cc1ccc(O)cc1)C(=O)N1CCCC[C@@H]1C(=O)N[C@@H](Cc1c[nH]c2ccccc12)C(=O)N[C@@H](Cc1ccc(O)cc1)C(=O)N[C@@H](CC(C)C)C(N)=O)C(C)C)N(C)C(=O)[C@H](Cc1ccccc1)N(C)C(=O)[C@H](Cc1cc(F)c(F)c(F)c1)NC(=O)CSCCC(=O)NCC(N)=O. The smallest absolute Gasteiger partial charge is 0.246 e. The van der Waals surface area contributed by atoms with Crippen molar-refractivity contribution in [3.8, 4) is 11.5 Å². The molecule has 1 aromatic heterocycles. The average Bonchev–Trinajstić information content (AvgIpc) is 1.80. The standard InChI is InChI=1S/C99H128F3N17O17S/c1-9-10-29-78(115(6)98(135)81(53-62-25-15-12-16-26-62)117(8)96(133)76(51-65-47-70(100)87(102)71(101)48-65)109-85(124)58-137-45-40-84(123)108-57-83(103)122)92(129)106-41-21-19-31-86(125)118-44-42-105-56-82(118)95(132)114-88(60(4)5)99(136)116(7)80(52-61-23-13-11-14-24-61)94(131)113-77(50-64-34-38-68(121)39-35-64)97(134)119-43-22-20-30-79(119)93(130)112-75(54-66-55-107-72-28-18-17-27-69(66)72)91(128)111-74(49-63-32-36-67(120)37-33-63)90(127)110-73(89(104)126)46-59(2)3/h11-18,23-28,32-39,47-48,55,59-60,73-82,88,105,107,120-121H,9-10,19-22,29-31,40-46,49-54,56-58H2,1-8H3,(H2,103,122)(H2,104,126)(H,106,129)(H,108,123)(H,109,124)(H,110,127)(H,111,128)(H,112,130)(H,113,131)(H,114,132)/t73-,74-,75-,76-,77-,78-,79+,80-,81-,82-,88-/m0/s1. The maximum Gasteiger partial charge on any atom is 0.246 e. The molecule has 0 unspecified atom stereocenters. The van der Waals surface area contributed by atoms with Crippen molar-refractivity contribution < 1.29 is 95.3 Å². The van der Waals surface area contributed by atoms with Crippen molar-refractivity contribution in [2.24, 2.45) is 23.3 Å². The molecule has 7 aromatic rings. The molecule has 0 saturated carbocycles. The van der Waals surface area contributed by atoms with Gasteiger partial charge in [-0.2, -0.15) is 11.8 Å². The fourth-order valence-corrected chi connectivity index (χ4v) is 17.5. The number of aromatic amines is 1. The Bertz CT molecular complexity index is 5310. The summed E-state index contributed by atoms with van der Waals surface area (Å²) in [5, 5.41) is 46.7. The quantitative estimate of drug-likeness (QED) is 0.0181. The van der Waals surface area contributed by atoms with Gasteiger partial charge in [-0.3, -0.25) is 71.9 Å². The van der Waals surface area contributed by atoms with Gasteiger partial charge >= 0.3 is 0 Å². The minimum absolute atomic E-state index is 0.00901. The average molecular weight is 1920 g/mol. The van der Waals surface area contributed by atoms with Crippen LogP contribution in [0.4, 0.5) is 13.2 Å². The van der Waals surface area contributed by atoms with Crippen LogP contribution in [0.5, 0.6) is 11.5 Å². The number of primary amides is 2. The lowest BCUT2D eigenvalue weighted by molar-refractivity contribution is -0.148. The van der Waals surface area contributed by atoms with Crippen LogP contribution < -0.4 is 59.3 Å². The van der Waals surface area contributed by atoms with E-state index in [1.807, 2.05) is 45.0 Å². The molecule has 11 atom stereocenters. The second-order valence-corrected chi connectivity index (χ2v) is 36.7. The van der Waals surface area contributed by atoms with Gasteiger partial charge in [-0.1, -0.05) is 151 Å². The number of carbonyl (C=O) groups is 15. The van der Waals surface area contributed by atoms with Crippen molar-refractivity contribution in [3.05, 3.63) is 203 Å². The molecule has 0 spiro atoms. The van der Waals surface area contributed by atoms with E-state index in [1.165, 1.54) is 65.0 Å². The number of nitrogens with one attached hydrogen (secondary N) is 10. The van der Waals surface area contributed by atoms with E-state index in [1.54, 1.807) is 105 Å². The molecule has 137 heavy (non-hydrogen) atoms. The van der Waals surface area contributed by atoms with Gasteiger partial charge in [0, 0.05) is 128 Å². The number of thioether (sulfide) groups is 1. The molecule has 738 valence electrons. The van der Waals surface area contributed by atoms with E-state index in [-0.39, 0.29) is 138 Å². The number of phenols is 2. The van der Waals surface area contributed by atoms with Crippen molar-refractivity contribution in [2.45, 2.75) is 210 Å². The lowest BCUT2D eigenvalue weighted by Gasteiger charge is -2.39. The fraction of sp³-hybridized carbons (Fsp3) is 0.465. The number of likely N-dealkylation sites (N-methyl/N-ethyl adjacent to an activating group) is 3. The number of aromatic nitrogens is 1. The molecule has 38 heteroatoms. The molecule has 15 amide bonds. The van der Waals surface area contributed by atoms with Gasteiger partial charge < -0.3 is 99.0 Å². The van der Waals surface area contributed by atoms with Gasteiger partial charge in [-0.15, -0.1) is 0 Å². The minimum Gasteiger partial charge on any atom is -0.508 e. The van der Waals surface area contributed by atoms with Crippen molar-refractivity contribution in [1.29, 1.82) is 0 Å². The monoisotopic (exact) mass is 1920 g/mol. The summed E-state index contributed by atoms with van der Waals surface area (Å²) < 4.78 is 43.7. The maximum absolute atomic E-state index is 15.8. The van der Waals surface area contributed by atoms with Crippen LogP contribution in [-0.2, 0) is 110 Å². The number of nitrogens with zero attached hydrogens (tertiary/aromatic N) is 5. The summed E-state index contributed by atoms with van der Waals surface area (Å²) in [6.45, 7) is 9.02. The number of fused-ring (bicyclic) bond motifs is 1. The highest BCUT2D eigenvalue weighted by atomic mass is 32.2. The number of hydrogen-bond donors (Lipinski definition) is 14. The number of rotatable bonds is 50. The topological polar surface area (TPSA) is 489 Å². The zero-order chi connectivity index (χ0) is 99.7. The highest BCUT2D eigenvalue weighted by Crippen LogP contribution is 2.28. The third-order valence-electron chi connectivity index (χ3n) is 24.4. The molecule has 6 aromatic carbocycles. The predicted octanol–water partition coefficient (Wildman–Crippen LogP) is 4.71. The molecule has 2 aliphatic heterocycles. The summed E-state index contributed by atoms with van der Waals surface area (Å²) in [7, 11) is 4.12. The van der Waals surface area contributed by atoms with Crippen molar-refractivity contribution >= 4 is 111 Å². The van der Waals surface area contributed by atoms with Gasteiger partial charge in [-0.05, 0) is 133 Å². The van der Waals surface area contributed by atoms with E-state index in [0.717, 1.165) is 27.6 Å². The van der Waals surface area contributed by atoms with E-state index in [9.17, 15) is 66.5 Å². The zero-order valence-corrected chi connectivity index (χ0v) is 79.4. The number of phenolic OH excluding ortho intramolecular Hbond substituents is 2. The van der Waals surface area contributed by atoms with Crippen LogP contribution >= 0.6 is 11.8 Å². The number of hydrogen-bond acceptors (Lipinski definition) is 19. The number of carbonyl (C=O) groups excluding carboxylic acids is 15. The summed E-state index contributed by atoms with van der Waals surface area (Å²) in [6, 6.07) is 23.4. The third-order valence-corrected chi connectivity index (χ3v) is 25.4. The van der Waals surface area contributed by atoms with E-state index in [0.29, 0.717) is 72.2 Å². The van der Waals surface area contributed by atoms with Crippen LogP contribution in [0.25, 0.3) is 10.9 Å². The summed E-state index contributed by atoms with van der Waals surface area (Å²) in [5.41, 5.74) is 14.2. The Morgan fingerprint density at radius 1 is 0.518 bits per heavy atom. The fourth-order valence-electron chi connectivity index (χ4n) is 16.7. The van der Waals surface area contributed by atoms with E-state index in [2.05, 4.69) is 52.8 Å². The van der Waals surface area contributed by atoms with E-state index < -0.39 is 191 Å². The lowest BCUT2D eigenvalue weighted by atomic mass is 9.96. The maximum atomic E-state index is 15.8. The Morgan fingerprint density at radius 2 is 1.07 bits per heavy atom. The van der Waals surface area contributed by atoms with E-state index >= 15 is 28.8 Å². The van der Waals surface area contributed by atoms with Crippen molar-refractivity contribution in [2.75, 3.05) is 71.9 Å². The molecular formula is C99H128F3N17O17S. The highest BCUT2D eigenvalue weighted by Gasteiger charge is 2.44. The zero-order valence-electron chi connectivity index (χ0n) is 78.6. The molecule has 2 aliphatic rings. The first kappa shape index (κ1) is 107. The number of para-hydroxylation sites is 1. The van der Waals surface area contributed by atoms with Crippen LogP contribution in [0.2, 0.25) is 0 Å². The van der Waals surface area contributed by atoms with Crippen molar-refractivity contribution in [3.63, 3.8) is 0 Å². The molecule has 0 radical (unpaired) electrons. The normalized spacial score (nSPS) is 15.7. The number of likely N-dealkylation sites (tertiary alicyclic amines) is 1. The first-order chi connectivity index (χ1) is 65.4. The number of aromatic hydroxyl groups is 2. The molecular weight excluding hydrogens is 1790 g/mol. The number of piperazine rings is 1. The molecule has 0 aliphatic carbocycles. The summed E-state index contributed by atoms with van der Waals surface area (Å²) in [4.78, 5) is 225. The lowest BCUT2D eigenvalue weighted by Crippen LogP contribution is -2.64. The molecule has 16 N–H and O–H groups in total. The number of piperidine rings is 1. The largest absolute Gasteiger partial charge is 0.508 e. The van der Waals surface area contributed by atoms with Crippen LogP contribution in [0, 0.1) is 29.3 Å². The van der Waals surface area contributed by atoms with Gasteiger partial charge in [0.25, 0.3) is 0 Å². The highest BCUT2D eigenvalue weighted by molar-refractivity contribution is 7.99. The second-order valence-electron chi connectivity index (χ2n) is 35.6. The van der Waals surface area contributed by atoms with Gasteiger partial charge in [0.1, 0.15) is 78.0 Å². The first-order valence-electron chi connectivity index (χ1n) is 46.3. The van der Waals surface area contributed by atoms with Gasteiger partial charge in [-0.25, -0.2) is 13.2 Å². The Hall–Kier alpha value is -13.4.